The number of carbonyl (C=O) groups is 1. The van der Waals surface area contributed by atoms with Crippen molar-refractivity contribution in [1.82, 2.24) is 10.2 Å². The van der Waals surface area contributed by atoms with Gasteiger partial charge in [0, 0.05) is 13.1 Å². The van der Waals surface area contributed by atoms with E-state index in [1.54, 1.807) is 0 Å². The number of likely N-dealkylation sites (tertiary alicyclic amines) is 1. The second-order valence-corrected chi connectivity index (χ2v) is 8.25. The van der Waals surface area contributed by atoms with Crippen molar-refractivity contribution >= 4 is 15.7 Å². The lowest BCUT2D eigenvalue weighted by Crippen LogP contribution is -2.45. The van der Waals surface area contributed by atoms with Crippen molar-refractivity contribution in [2.75, 3.05) is 31.6 Å². The summed E-state index contributed by atoms with van der Waals surface area (Å²) in [6.07, 6.45) is 2.57. The molecular weight excluding hydrogens is 264 g/mol. The molecule has 2 aliphatic rings. The summed E-state index contributed by atoms with van der Waals surface area (Å²) in [5, 5.41) is 3.09. The molecule has 2 saturated heterocycles. The molecule has 0 saturated carbocycles. The summed E-state index contributed by atoms with van der Waals surface area (Å²) in [6.45, 7) is 3.53. The Morgan fingerprint density at radius 3 is 2.68 bits per heavy atom. The summed E-state index contributed by atoms with van der Waals surface area (Å²) in [6, 6.07) is -0.115. The molecule has 0 aliphatic carbocycles. The summed E-state index contributed by atoms with van der Waals surface area (Å²) in [7, 11) is -1.04. The molecule has 0 aromatic carbocycles. The van der Waals surface area contributed by atoms with Crippen molar-refractivity contribution in [3.63, 3.8) is 0 Å². The topological polar surface area (TPSA) is 66.5 Å². The average Bonchev–Trinajstić information content (AvgIpc) is 2.63. The van der Waals surface area contributed by atoms with Gasteiger partial charge in [-0.1, -0.05) is 6.92 Å². The van der Waals surface area contributed by atoms with Gasteiger partial charge in [0.1, 0.15) is 0 Å². The van der Waals surface area contributed by atoms with Crippen LogP contribution in [0.5, 0.6) is 0 Å². The van der Waals surface area contributed by atoms with Crippen LogP contribution < -0.4 is 5.32 Å². The van der Waals surface area contributed by atoms with E-state index < -0.39 is 9.84 Å². The third-order valence-electron chi connectivity index (χ3n) is 4.29. The monoisotopic (exact) mass is 288 g/mol. The Kier molecular flexibility index (Phi) is 4.50. The molecule has 110 valence electrons. The molecular formula is C13H24N2O3S. The summed E-state index contributed by atoms with van der Waals surface area (Å²) >= 11 is 0. The Morgan fingerprint density at radius 1 is 1.37 bits per heavy atom. The molecule has 1 amide bonds. The second-order valence-electron chi connectivity index (χ2n) is 6.02. The first-order chi connectivity index (χ1) is 8.91. The van der Waals surface area contributed by atoms with Crippen LogP contribution in [-0.2, 0) is 14.6 Å². The van der Waals surface area contributed by atoms with Gasteiger partial charge in [0.15, 0.2) is 9.84 Å². The third-order valence-corrected chi connectivity index (χ3v) is 6.13. The van der Waals surface area contributed by atoms with E-state index in [4.69, 9.17) is 0 Å². The average molecular weight is 288 g/mol. The van der Waals surface area contributed by atoms with E-state index in [0.29, 0.717) is 18.9 Å². The molecule has 5 nitrogen and oxygen atoms in total. The normalized spacial score (nSPS) is 35.4. The van der Waals surface area contributed by atoms with E-state index in [0.717, 1.165) is 19.4 Å². The lowest BCUT2D eigenvalue weighted by atomic mass is 10.0. The van der Waals surface area contributed by atoms with Gasteiger partial charge in [0.25, 0.3) is 0 Å². The van der Waals surface area contributed by atoms with Gasteiger partial charge in [-0.05, 0) is 38.1 Å². The number of carbonyl (C=O) groups excluding carboxylic acids is 1. The zero-order chi connectivity index (χ0) is 14.0. The first-order valence-electron chi connectivity index (χ1n) is 7.08. The van der Waals surface area contributed by atoms with Crippen LogP contribution in [0.2, 0.25) is 0 Å². The zero-order valence-corrected chi connectivity index (χ0v) is 12.6. The Bertz CT molecular complexity index is 435. The number of rotatable bonds is 3. The van der Waals surface area contributed by atoms with Crippen LogP contribution in [0.25, 0.3) is 0 Å². The summed E-state index contributed by atoms with van der Waals surface area (Å²) in [4.78, 5) is 14.3. The summed E-state index contributed by atoms with van der Waals surface area (Å²) in [5.41, 5.74) is 0. The van der Waals surface area contributed by atoms with E-state index >= 15 is 0 Å². The van der Waals surface area contributed by atoms with Gasteiger partial charge in [-0.25, -0.2) is 8.42 Å². The number of hydrogen-bond acceptors (Lipinski definition) is 4. The predicted molar refractivity (Wildman–Crippen MR) is 74.6 cm³/mol. The molecule has 0 spiro atoms. The SMILES string of the molecule is CNC1CC(C)CCN(CC2CCS(=O)(=O)C2)C1=O. The van der Waals surface area contributed by atoms with Crippen LogP contribution in [0.4, 0.5) is 0 Å². The number of amides is 1. The van der Waals surface area contributed by atoms with Crippen LogP contribution in [0.1, 0.15) is 26.2 Å². The lowest BCUT2D eigenvalue weighted by molar-refractivity contribution is -0.133. The standard InChI is InChI=1S/C13H24N2O3S/c1-10-3-5-15(13(16)12(7-10)14-2)8-11-4-6-19(17,18)9-11/h10-12,14H,3-9H2,1-2H3. The number of likely N-dealkylation sites (N-methyl/N-ethyl adjacent to an activating group) is 1. The van der Waals surface area contributed by atoms with Crippen molar-refractivity contribution in [3.05, 3.63) is 0 Å². The molecule has 2 heterocycles. The van der Waals surface area contributed by atoms with E-state index in [2.05, 4.69) is 12.2 Å². The van der Waals surface area contributed by atoms with Crippen LogP contribution >= 0.6 is 0 Å². The first-order valence-corrected chi connectivity index (χ1v) is 8.90. The first kappa shape index (κ1) is 14.8. The maximum atomic E-state index is 12.4. The van der Waals surface area contributed by atoms with Gasteiger partial charge < -0.3 is 10.2 Å². The highest BCUT2D eigenvalue weighted by Crippen LogP contribution is 2.23. The largest absolute Gasteiger partial charge is 0.341 e. The van der Waals surface area contributed by atoms with Gasteiger partial charge in [0.05, 0.1) is 17.5 Å². The molecule has 0 bridgehead atoms. The smallest absolute Gasteiger partial charge is 0.239 e. The van der Waals surface area contributed by atoms with Crippen LogP contribution in [0.3, 0.4) is 0 Å². The molecule has 0 radical (unpaired) electrons. The minimum absolute atomic E-state index is 0.115. The van der Waals surface area contributed by atoms with Gasteiger partial charge in [-0.15, -0.1) is 0 Å². The fourth-order valence-electron chi connectivity index (χ4n) is 3.08. The fourth-order valence-corrected chi connectivity index (χ4v) is 4.93. The van der Waals surface area contributed by atoms with E-state index in [1.807, 2.05) is 11.9 Å². The zero-order valence-electron chi connectivity index (χ0n) is 11.8. The molecule has 2 aliphatic heterocycles. The number of nitrogens with zero attached hydrogens (tertiary/aromatic N) is 1. The molecule has 6 heteroatoms. The molecule has 3 atom stereocenters. The minimum Gasteiger partial charge on any atom is -0.341 e. The van der Waals surface area contributed by atoms with Gasteiger partial charge in [0.2, 0.25) is 5.91 Å². The number of hydrogen-bond donors (Lipinski definition) is 1. The van der Waals surface area contributed by atoms with Gasteiger partial charge in [-0.3, -0.25) is 4.79 Å². The van der Waals surface area contributed by atoms with Crippen LogP contribution in [-0.4, -0.2) is 56.9 Å². The quantitative estimate of drug-likeness (QED) is 0.809. The van der Waals surface area contributed by atoms with Crippen LogP contribution in [0, 0.1) is 11.8 Å². The summed E-state index contributed by atoms with van der Waals surface area (Å²) < 4.78 is 23.0. The van der Waals surface area contributed by atoms with E-state index in [9.17, 15) is 13.2 Å². The molecule has 0 aromatic rings. The van der Waals surface area contributed by atoms with Crippen molar-refractivity contribution in [1.29, 1.82) is 0 Å². The molecule has 19 heavy (non-hydrogen) atoms. The Balaban J connectivity index is 2.00. The summed E-state index contributed by atoms with van der Waals surface area (Å²) in [5.74, 6) is 1.32. The fraction of sp³-hybridized carbons (Fsp3) is 0.923. The Morgan fingerprint density at radius 2 is 2.11 bits per heavy atom. The highest BCUT2D eigenvalue weighted by atomic mass is 32.2. The maximum absolute atomic E-state index is 12.4. The molecule has 2 fully saturated rings. The van der Waals surface area contributed by atoms with Crippen molar-refractivity contribution in [2.24, 2.45) is 11.8 Å². The Hall–Kier alpha value is -0.620. The van der Waals surface area contributed by atoms with Gasteiger partial charge >= 0.3 is 0 Å². The maximum Gasteiger partial charge on any atom is 0.239 e. The van der Waals surface area contributed by atoms with E-state index in [-0.39, 0.29) is 29.4 Å². The highest BCUT2D eigenvalue weighted by Gasteiger charge is 2.34. The number of nitrogens with one attached hydrogen (secondary N) is 1. The van der Waals surface area contributed by atoms with Crippen molar-refractivity contribution in [3.8, 4) is 0 Å². The predicted octanol–water partition coefficient (Wildman–Crippen LogP) is 0.268. The highest BCUT2D eigenvalue weighted by molar-refractivity contribution is 7.91. The molecule has 2 rings (SSSR count). The van der Waals surface area contributed by atoms with Crippen molar-refractivity contribution in [2.45, 2.75) is 32.2 Å². The minimum atomic E-state index is -2.86. The third kappa shape index (κ3) is 3.69. The molecule has 0 aromatic heterocycles. The van der Waals surface area contributed by atoms with Crippen molar-refractivity contribution < 1.29 is 13.2 Å². The Labute approximate surface area is 115 Å². The lowest BCUT2D eigenvalue weighted by Gasteiger charge is -2.26. The molecule has 3 unspecified atom stereocenters. The van der Waals surface area contributed by atoms with Gasteiger partial charge in [-0.2, -0.15) is 0 Å². The van der Waals surface area contributed by atoms with Crippen LogP contribution in [0.15, 0.2) is 0 Å². The van der Waals surface area contributed by atoms with E-state index in [1.165, 1.54) is 0 Å². The second kappa shape index (κ2) is 5.79. The number of sulfone groups is 1. The molecule has 1 N–H and O–H groups in total.